The molecule has 4 N–H and O–H groups in total. The predicted molar refractivity (Wildman–Crippen MR) is 74.8 cm³/mol. The van der Waals surface area contributed by atoms with Crippen molar-refractivity contribution in [1.29, 1.82) is 0 Å². The summed E-state index contributed by atoms with van der Waals surface area (Å²) in [5.41, 5.74) is 4.69. The van der Waals surface area contributed by atoms with Gasteiger partial charge in [-0.25, -0.2) is 0 Å². The molecule has 0 saturated heterocycles. The summed E-state index contributed by atoms with van der Waals surface area (Å²) in [6.07, 6.45) is 2.81. The zero-order valence-corrected chi connectivity index (χ0v) is 12.4. The molecular formula is C14H26N2O4. The quantitative estimate of drug-likeness (QED) is 0.581. The lowest BCUT2D eigenvalue weighted by molar-refractivity contribution is -0.129. The van der Waals surface area contributed by atoms with Gasteiger partial charge in [0.2, 0.25) is 11.8 Å². The lowest BCUT2D eigenvalue weighted by atomic mass is 9.81. The molecule has 0 aromatic rings. The zero-order valence-electron chi connectivity index (χ0n) is 12.4. The van der Waals surface area contributed by atoms with Crippen molar-refractivity contribution in [1.82, 2.24) is 5.32 Å². The van der Waals surface area contributed by atoms with Gasteiger partial charge in [-0.2, -0.15) is 0 Å². The summed E-state index contributed by atoms with van der Waals surface area (Å²) in [5, 5.41) is 11.9. The van der Waals surface area contributed by atoms with Crippen LogP contribution in [0.25, 0.3) is 0 Å². The first-order valence-corrected chi connectivity index (χ1v) is 7.17. The normalized spacial score (nSPS) is 23.4. The number of hydrogen-bond donors (Lipinski definition) is 3. The van der Waals surface area contributed by atoms with Crippen LogP contribution in [-0.2, 0) is 14.3 Å². The fraction of sp³-hybridized carbons (Fsp3) is 0.857. The summed E-state index contributed by atoms with van der Waals surface area (Å²) in [4.78, 5) is 23.0. The smallest absolute Gasteiger partial charge is 0.223 e. The summed E-state index contributed by atoms with van der Waals surface area (Å²) in [6, 6.07) is 0. The van der Waals surface area contributed by atoms with E-state index in [4.69, 9.17) is 15.6 Å². The van der Waals surface area contributed by atoms with Crippen LogP contribution in [0.3, 0.4) is 0 Å². The Morgan fingerprint density at radius 1 is 1.25 bits per heavy atom. The van der Waals surface area contributed by atoms with Crippen LogP contribution in [0.2, 0.25) is 0 Å². The largest absolute Gasteiger partial charge is 0.393 e. The molecule has 116 valence electrons. The molecule has 0 aliphatic heterocycles. The highest BCUT2D eigenvalue weighted by Gasteiger charge is 2.28. The number of aliphatic hydroxyl groups excluding tert-OH is 1. The Kier molecular flexibility index (Phi) is 6.42. The number of rotatable bonds is 7. The van der Waals surface area contributed by atoms with Crippen molar-refractivity contribution >= 4 is 11.8 Å². The van der Waals surface area contributed by atoms with Gasteiger partial charge in [-0.3, -0.25) is 9.59 Å². The second-order valence-corrected chi connectivity index (χ2v) is 6.01. The molecule has 0 atom stereocenters. The summed E-state index contributed by atoms with van der Waals surface area (Å²) < 4.78 is 5.44. The van der Waals surface area contributed by atoms with E-state index >= 15 is 0 Å². The Morgan fingerprint density at radius 3 is 2.30 bits per heavy atom. The van der Waals surface area contributed by atoms with Gasteiger partial charge in [0.1, 0.15) is 0 Å². The van der Waals surface area contributed by atoms with Gasteiger partial charge in [-0.1, -0.05) is 0 Å². The third-order valence-corrected chi connectivity index (χ3v) is 3.78. The summed E-state index contributed by atoms with van der Waals surface area (Å²) in [6.45, 7) is 4.33. The third kappa shape index (κ3) is 5.46. The van der Waals surface area contributed by atoms with Crippen LogP contribution < -0.4 is 11.1 Å². The van der Waals surface area contributed by atoms with Crippen molar-refractivity contribution in [2.45, 2.75) is 45.1 Å². The molecule has 2 amide bonds. The second-order valence-electron chi connectivity index (χ2n) is 6.01. The standard InChI is InChI=1S/C14H26N2O4/c1-14(2,9-17)20-8-7-16-13(19)11-5-3-10(4-6-11)12(15)18/h10-11,17H,3-9H2,1-2H3,(H2,15,18)(H,16,19). The zero-order chi connectivity index (χ0) is 15.2. The van der Waals surface area contributed by atoms with Crippen molar-refractivity contribution in [3.05, 3.63) is 0 Å². The molecule has 1 aliphatic rings. The van der Waals surface area contributed by atoms with Crippen LogP contribution >= 0.6 is 0 Å². The van der Waals surface area contributed by atoms with Crippen LogP contribution in [0, 0.1) is 11.8 Å². The fourth-order valence-corrected chi connectivity index (χ4v) is 2.33. The Labute approximate surface area is 120 Å². The van der Waals surface area contributed by atoms with E-state index in [2.05, 4.69) is 5.32 Å². The van der Waals surface area contributed by atoms with E-state index < -0.39 is 5.60 Å². The molecule has 0 bridgehead atoms. The van der Waals surface area contributed by atoms with Gasteiger partial charge in [0.05, 0.1) is 18.8 Å². The third-order valence-electron chi connectivity index (χ3n) is 3.78. The molecule has 0 heterocycles. The molecule has 1 fully saturated rings. The summed E-state index contributed by atoms with van der Waals surface area (Å²) >= 11 is 0. The van der Waals surface area contributed by atoms with Crippen molar-refractivity contribution in [2.24, 2.45) is 17.6 Å². The van der Waals surface area contributed by atoms with Gasteiger partial charge in [-0.05, 0) is 39.5 Å². The highest BCUT2D eigenvalue weighted by molar-refractivity contribution is 5.80. The van der Waals surface area contributed by atoms with Crippen molar-refractivity contribution in [2.75, 3.05) is 19.8 Å². The lowest BCUT2D eigenvalue weighted by Gasteiger charge is -2.26. The van der Waals surface area contributed by atoms with E-state index in [-0.39, 0.29) is 30.3 Å². The first-order chi connectivity index (χ1) is 9.35. The SMILES string of the molecule is CC(C)(CO)OCCNC(=O)C1CCC(C(N)=O)CC1. The average Bonchev–Trinajstić information content (AvgIpc) is 2.43. The maximum atomic E-state index is 11.9. The minimum Gasteiger partial charge on any atom is -0.393 e. The van der Waals surface area contributed by atoms with Gasteiger partial charge in [0, 0.05) is 18.4 Å². The molecule has 20 heavy (non-hydrogen) atoms. The second kappa shape index (κ2) is 7.59. The molecule has 0 radical (unpaired) electrons. The van der Waals surface area contributed by atoms with Crippen LogP contribution in [0.15, 0.2) is 0 Å². The predicted octanol–water partition coefficient (Wildman–Crippen LogP) is 0.182. The molecule has 6 nitrogen and oxygen atoms in total. The van der Waals surface area contributed by atoms with Crippen LogP contribution in [0.1, 0.15) is 39.5 Å². The summed E-state index contributed by atoms with van der Waals surface area (Å²) in [5.74, 6) is -0.356. The van der Waals surface area contributed by atoms with Gasteiger partial charge in [0.25, 0.3) is 0 Å². The number of aliphatic hydroxyl groups is 1. The maximum absolute atomic E-state index is 11.9. The number of carbonyl (C=O) groups is 2. The highest BCUT2D eigenvalue weighted by atomic mass is 16.5. The van der Waals surface area contributed by atoms with Gasteiger partial charge in [-0.15, -0.1) is 0 Å². The van der Waals surface area contributed by atoms with E-state index in [1.165, 1.54) is 0 Å². The Bertz CT molecular complexity index is 336. The Hall–Kier alpha value is -1.14. The maximum Gasteiger partial charge on any atom is 0.223 e. The average molecular weight is 286 g/mol. The van der Waals surface area contributed by atoms with E-state index in [1.54, 1.807) is 13.8 Å². The molecule has 0 aromatic carbocycles. The van der Waals surface area contributed by atoms with Crippen molar-refractivity contribution in [3.8, 4) is 0 Å². The molecule has 1 rings (SSSR count). The molecule has 1 aliphatic carbocycles. The number of nitrogens with one attached hydrogen (secondary N) is 1. The molecular weight excluding hydrogens is 260 g/mol. The van der Waals surface area contributed by atoms with Gasteiger partial charge in [0.15, 0.2) is 0 Å². The van der Waals surface area contributed by atoms with Crippen molar-refractivity contribution in [3.63, 3.8) is 0 Å². The minimum absolute atomic E-state index is 0.0123. The van der Waals surface area contributed by atoms with E-state index in [1.807, 2.05) is 0 Å². The first-order valence-electron chi connectivity index (χ1n) is 7.17. The number of ether oxygens (including phenoxy) is 1. The number of carbonyl (C=O) groups excluding carboxylic acids is 2. The number of hydrogen-bond acceptors (Lipinski definition) is 4. The fourth-order valence-electron chi connectivity index (χ4n) is 2.33. The summed E-state index contributed by atoms with van der Waals surface area (Å²) in [7, 11) is 0. The van der Waals surface area contributed by atoms with E-state index in [0.29, 0.717) is 38.8 Å². The van der Waals surface area contributed by atoms with Crippen LogP contribution in [-0.4, -0.2) is 42.3 Å². The highest BCUT2D eigenvalue weighted by Crippen LogP contribution is 2.28. The van der Waals surface area contributed by atoms with Gasteiger partial charge >= 0.3 is 0 Å². The first kappa shape index (κ1) is 16.9. The van der Waals surface area contributed by atoms with E-state index in [0.717, 1.165) is 0 Å². The Balaban J connectivity index is 2.19. The van der Waals surface area contributed by atoms with Crippen molar-refractivity contribution < 1.29 is 19.4 Å². The molecule has 0 spiro atoms. The molecule has 0 unspecified atom stereocenters. The monoisotopic (exact) mass is 286 g/mol. The van der Waals surface area contributed by atoms with Crippen LogP contribution in [0.5, 0.6) is 0 Å². The molecule has 6 heteroatoms. The molecule has 1 saturated carbocycles. The topological polar surface area (TPSA) is 102 Å². The number of amides is 2. The minimum atomic E-state index is -0.579. The number of primary amides is 1. The number of nitrogens with two attached hydrogens (primary N) is 1. The lowest BCUT2D eigenvalue weighted by Crippen LogP contribution is -2.38. The van der Waals surface area contributed by atoms with Crippen LogP contribution in [0.4, 0.5) is 0 Å². The van der Waals surface area contributed by atoms with E-state index in [9.17, 15) is 9.59 Å². The Morgan fingerprint density at radius 2 is 1.80 bits per heavy atom. The molecule has 0 aromatic heterocycles. The van der Waals surface area contributed by atoms with Gasteiger partial charge < -0.3 is 20.9 Å².